The van der Waals surface area contributed by atoms with E-state index in [0.29, 0.717) is 18.9 Å². The Hall–Kier alpha value is -4.29. The summed E-state index contributed by atoms with van der Waals surface area (Å²) in [7, 11) is 1.55. The Morgan fingerprint density at radius 2 is 1.49 bits per heavy atom. The summed E-state index contributed by atoms with van der Waals surface area (Å²) in [4.78, 5) is 13.5. The summed E-state index contributed by atoms with van der Waals surface area (Å²) < 4.78 is 11.2. The first-order valence-corrected chi connectivity index (χ1v) is 13.2. The number of ether oxygens (including phenoxy) is 2. The van der Waals surface area contributed by atoms with Crippen LogP contribution in [0.15, 0.2) is 103 Å². The highest BCUT2D eigenvalue weighted by Gasteiger charge is 2.19. The molecule has 1 amide bonds. The molecule has 0 saturated carbocycles. The molecule has 0 spiro atoms. The standard InChI is InChI=1S/C33H36N2O4/c1-38-32-18-15-26(21-31(32)36)23-35(19-8-20-39-29-16-13-25(14-17-29)22-33(34)37)24-30(27-9-4-2-5-10-27)28-11-6-3-7-12-28/h2-7,9-18,21,30,36H,8,19-20,22-24H2,1H3,(H2,34,37). The molecule has 0 radical (unpaired) electrons. The van der Waals surface area contributed by atoms with Crippen LogP contribution in [0.1, 0.15) is 34.6 Å². The molecule has 0 saturated heterocycles. The summed E-state index contributed by atoms with van der Waals surface area (Å²) in [5.74, 6) is 1.21. The average molecular weight is 525 g/mol. The minimum Gasteiger partial charge on any atom is -0.504 e. The van der Waals surface area contributed by atoms with E-state index in [9.17, 15) is 9.90 Å². The second-order valence-electron chi connectivity index (χ2n) is 9.60. The predicted molar refractivity (Wildman–Crippen MR) is 154 cm³/mol. The predicted octanol–water partition coefficient (Wildman–Crippen LogP) is 5.53. The van der Waals surface area contributed by atoms with Gasteiger partial charge in [-0.1, -0.05) is 78.9 Å². The quantitative estimate of drug-likeness (QED) is 0.212. The van der Waals surface area contributed by atoms with E-state index in [4.69, 9.17) is 15.2 Å². The Morgan fingerprint density at radius 3 is 2.05 bits per heavy atom. The zero-order chi connectivity index (χ0) is 27.5. The highest BCUT2D eigenvalue weighted by atomic mass is 16.5. The molecule has 0 aliphatic carbocycles. The molecule has 0 aromatic heterocycles. The van der Waals surface area contributed by atoms with Crippen molar-refractivity contribution in [1.82, 2.24) is 4.90 Å². The molecule has 0 bridgehead atoms. The summed E-state index contributed by atoms with van der Waals surface area (Å²) in [6, 6.07) is 34.2. The Balaban J connectivity index is 1.47. The lowest BCUT2D eigenvalue weighted by molar-refractivity contribution is -0.117. The molecule has 202 valence electrons. The number of aromatic hydroxyl groups is 1. The Bertz CT molecular complexity index is 1270. The molecule has 0 aliphatic heterocycles. The Morgan fingerprint density at radius 1 is 0.872 bits per heavy atom. The molecule has 0 atom stereocenters. The summed E-state index contributed by atoms with van der Waals surface area (Å²) >= 11 is 0. The number of rotatable bonds is 14. The largest absolute Gasteiger partial charge is 0.504 e. The van der Waals surface area contributed by atoms with Gasteiger partial charge in [-0.2, -0.15) is 0 Å². The van der Waals surface area contributed by atoms with Crippen molar-refractivity contribution in [3.8, 4) is 17.2 Å². The van der Waals surface area contributed by atoms with Crippen LogP contribution in [0.3, 0.4) is 0 Å². The molecule has 4 rings (SSSR count). The summed E-state index contributed by atoms with van der Waals surface area (Å²) in [6.07, 6.45) is 1.04. The fraction of sp³-hybridized carbons (Fsp3) is 0.242. The number of nitrogens with two attached hydrogens (primary N) is 1. The van der Waals surface area contributed by atoms with Gasteiger partial charge in [-0.15, -0.1) is 0 Å². The van der Waals surface area contributed by atoms with Crippen molar-refractivity contribution in [3.63, 3.8) is 0 Å². The van der Waals surface area contributed by atoms with Crippen molar-refractivity contribution in [2.45, 2.75) is 25.3 Å². The maximum Gasteiger partial charge on any atom is 0.221 e. The van der Waals surface area contributed by atoms with E-state index < -0.39 is 0 Å². The molecule has 0 heterocycles. The zero-order valence-electron chi connectivity index (χ0n) is 22.3. The summed E-state index contributed by atoms with van der Waals surface area (Å²) in [5, 5.41) is 10.4. The van der Waals surface area contributed by atoms with Gasteiger partial charge in [-0.3, -0.25) is 9.69 Å². The normalized spacial score (nSPS) is 11.1. The third-order valence-corrected chi connectivity index (χ3v) is 6.68. The highest BCUT2D eigenvalue weighted by molar-refractivity contribution is 5.76. The van der Waals surface area contributed by atoms with Crippen molar-refractivity contribution < 1.29 is 19.4 Å². The van der Waals surface area contributed by atoms with E-state index in [-0.39, 0.29) is 24.0 Å². The van der Waals surface area contributed by atoms with E-state index in [1.807, 2.05) is 42.5 Å². The minimum absolute atomic E-state index is 0.140. The van der Waals surface area contributed by atoms with Crippen LogP contribution < -0.4 is 15.2 Å². The molecule has 6 heteroatoms. The first kappa shape index (κ1) is 27.7. The number of nitrogens with zero attached hydrogens (tertiary/aromatic N) is 1. The van der Waals surface area contributed by atoms with Crippen LogP contribution in [0, 0.1) is 0 Å². The zero-order valence-corrected chi connectivity index (χ0v) is 22.3. The van der Waals surface area contributed by atoms with Gasteiger partial charge in [0.15, 0.2) is 11.5 Å². The molecular formula is C33H36N2O4. The number of hydrogen-bond acceptors (Lipinski definition) is 5. The van der Waals surface area contributed by atoms with Gasteiger partial charge in [0.05, 0.1) is 20.1 Å². The lowest BCUT2D eigenvalue weighted by atomic mass is 9.90. The number of hydrogen-bond donors (Lipinski definition) is 2. The molecule has 3 N–H and O–H groups in total. The number of amides is 1. The van der Waals surface area contributed by atoms with Gasteiger partial charge in [0.25, 0.3) is 0 Å². The van der Waals surface area contributed by atoms with Crippen molar-refractivity contribution in [2.75, 3.05) is 26.8 Å². The number of carbonyl (C=O) groups excluding carboxylic acids is 1. The van der Waals surface area contributed by atoms with Gasteiger partial charge in [-0.05, 0) is 52.9 Å². The smallest absolute Gasteiger partial charge is 0.221 e. The first-order chi connectivity index (χ1) is 19.0. The van der Waals surface area contributed by atoms with Gasteiger partial charge in [0.1, 0.15) is 5.75 Å². The molecule has 4 aromatic rings. The van der Waals surface area contributed by atoms with Crippen LogP contribution in [0.5, 0.6) is 17.2 Å². The third kappa shape index (κ3) is 8.35. The van der Waals surface area contributed by atoms with Gasteiger partial charge < -0.3 is 20.3 Å². The number of primary amides is 1. The van der Waals surface area contributed by atoms with Gasteiger partial charge in [-0.25, -0.2) is 0 Å². The summed E-state index contributed by atoms with van der Waals surface area (Å²) in [5.41, 5.74) is 9.69. The number of phenolic OH excluding ortho intramolecular Hbond substituents is 1. The van der Waals surface area contributed by atoms with Crippen molar-refractivity contribution in [3.05, 3.63) is 125 Å². The van der Waals surface area contributed by atoms with Gasteiger partial charge in [0.2, 0.25) is 5.91 Å². The summed E-state index contributed by atoms with van der Waals surface area (Å²) in [6.45, 7) is 2.85. The van der Waals surface area contributed by atoms with Crippen molar-refractivity contribution in [1.29, 1.82) is 0 Å². The number of carbonyl (C=O) groups is 1. The topological polar surface area (TPSA) is 85.0 Å². The van der Waals surface area contributed by atoms with E-state index in [1.165, 1.54) is 11.1 Å². The molecule has 6 nitrogen and oxygen atoms in total. The molecule has 4 aromatic carbocycles. The van der Waals surface area contributed by atoms with Gasteiger partial charge >= 0.3 is 0 Å². The third-order valence-electron chi connectivity index (χ3n) is 6.68. The van der Waals surface area contributed by atoms with Crippen LogP contribution in [-0.4, -0.2) is 42.7 Å². The second-order valence-corrected chi connectivity index (χ2v) is 9.60. The molecule has 39 heavy (non-hydrogen) atoms. The molecular weight excluding hydrogens is 488 g/mol. The molecule has 0 unspecified atom stereocenters. The van der Waals surface area contributed by atoms with Crippen molar-refractivity contribution >= 4 is 5.91 Å². The average Bonchev–Trinajstić information content (AvgIpc) is 2.95. The molecule has 0 fully saturated rings. The Labute approximate surface area is 230 Å². The van der Waals surface area contributed by atoms with Crippen LogP contribution in [-0.2, 0) is 17.8 Å². The van der Waals surface area contributed by atoms with E-state index >= 15 is 0 Å². The maximum absolute atomic E-state index is 11.1. The SMILES string of the molecule is COc1ccc(CN(CCCOc2ccc(CC(N)=O)cc2)CC(c2ccccc2)c2ccccc2)cc1O. The van der Waals surface area contributed by atoms with Crippen LogP contribution in [0.2, 0.25) is 0 Å². The fourth-order valence-electron chi connectivity index (χ4n) is 4.74. The van der Waals surface area contributed by atoms with Gasteiger partial charge in [0, 0.05) is 25.6 Å². The molecule has 0 aliphatic rings. The highest BCUT2D eigenvalue weighted by Crippen LogP contribution is 2.29. The lowest BCUT2D eigenvalue weighted by Crippen LogP contribution is -2.30. The number of benzene rings is 4. The Kier molecular flexibility index (Phi) is 9.98. The van der Waals surface area contributed by atoms with E-state index in [0.717, 1.165) is 36.4 Å². The fourth-order valence-corrected chi connectivity index (χ4v) is 4.74. The van der Waals surface area contributed by atoms with Crippen molar-refractivity contribution in [2.24, 2.45) is 5.73 Å². The monoisotopic (exact) mass is 524 g/mol. The van der Waals surface area contributed by atoms with E-state index in [2.05, 4.69) is 53.4 Å². The van der Waals surface area contributed by atoms with E-state index in [1.54, 1.807) is 19.2 Å². The van der Waals surface area contributed by atoms with Crippen LogP contribution in [0.4, 0.5) is 0 Å². The number of methoxy groups -OCH3 is 1. The van der Waals surface area contributed by atoms with Crippen LogP contribution >= 0.6 is 0 Å². The lowest BCUT2D eigenvalue weighted by Gasteiger charge is -2.28. The second kappa shape index (κ2) is 14.0. The minimum atomic E-state index is -0.349. The maximum atomic E-state index is 11.1. The van der Waals surface area contributed by atoms with Crippen LogP contribution in [0.25, 0.3) is 0 Å². The first-order valence-electron chi connectivity index (χ1n) is 13.2. The number of phenols is 1.